The van der Waals surface area contributed by atoms with E-state index in [0.717, 1.165) is 37.4 Å². The minimum Gasteiger partial charge on any atom is -0.317 e. The summed E-state index contributed by atoms with van der Waals surface area (Å²) in [4.78, 5) is 8.19. The highest BCUT2D eigenvalue weighted by molar-refractivity contribution is 5.31. The zero-order valence-corrected chi connectivity index (χ0v) is 11.8. The van der Waals surface area contributed by atoms with Crippen LogP contribution in [0.1, 0.15) is 30.3 Å². The molecule has 2 aromatic rings. The second kappa shape index (κ2) is 6.43. The number of nitrogens with zero attached hydrogens (tertiary/aromatic N) is 4. The van der Waals surface area contributed by atoms with E-state index in [2.05, 4.69) is 41.2 Å². The van der Waals surface area contributed by atoms with Crippen LogP contribution < -0.4 is 5.32 Å². The number of aryl methyl sites for hydroxylation is 1. The summed E-state index contributed by atoms with van der Waals surface area (Å²) in [5, 5.41) is 7.93. The molecule has 1 N–H and O–H groups in total. The third kappa shape index (κ3) is 3.17. The van der Waals surface area contributed by atoms with Crippen molar-refractivity contribution in [3.05, 3.63) is 35.5 Å². The second-order valence-corrected chi connectivity index (χ2v) is 4.59. The molecule has 2 heterocycles. The number of hydrogen-bond acceptors (Lipinski definition) is 4. The van der Waals surface area contributed by atoms with Crippen molar-refractivity contribution in [3.8, 4) is 5.82 Å². The Kier molecular flexibility index (Phi) is 4.63. The predicted molar refractivity (Wildman–Crippen MR) is 75.5 cm³/mol. The number of hydrogen-bond donors (Lipinski definition) is 1. The largest absolute Gasteiger partial charge is 0.317 e. The zero-order chi connectivity index (χ0) is 13.7. The summed E-state index contributed by atoms with van der Waals surface area (Å²) in [7, 11) is 0. The molecular weight excluding hydrogens is 238 g/mol. The molecule has 0 aliphatic rings. The molecule has 0 saturated heterocycles. The van der Waals surface area contributed by atoms with Gasteiger partial charge in [0.2, 0.25) is 0 Å². The van der Waals surface area contributed by atoms with Gasteiger partial charge in [-0.3, -0.25) is 0 Å². The van der Waals surface area contributed by atoms with Crippen molar-refractivity contribution in [1.29, 1.82) is 0 Å². The maximum Gasteiger partial charge on any atom is 0.156 e. The van der Waals surface area contributed by atoms with Crippen LogP contribution in [0.3, 0.4) is 0 Å². The molecule has 0 atom stereocenters. The Morgan fingerprint density at radius 2 is 2.16 bits per heavy atom. The molecule has 2 rings (SSSR count). The van der Waals surface area contributed by atoms with Gasteiger partial charge in [-0.15, -0.1) is 0 Å². The quantitative estimate of drug-likeness (QED) is 0.804. The van der Waals surface area contributed by atoms with Crippen LogP contribution >= 0.6 is 0 Å². The average molecular weight is 259 g/mol. The summed E-state index contributed by atoms with van der Waals surface area (Å²) in [6.07, 6.45) is 5.47. The molecule has 0 spiro atoms. The van der Waals surface area contributed by atoms with E-state index in [1.807, 2.05) is 10.7 Å². The Hall–Kier alpha value is -1.75. The van der Waals surface area contributed by atoms with Gasteiger partial charge in [-0.1, -0.05) is 6.92 Å². The monoisotopic (exact) mass is 259 g/mol. The van der Waals surface area contributed by atoms with E-state index in [9.17, 15) is 0 Å². The lowest BCUT2D eigenvalue weighted by Crippen LogP contribution is -2.14. The van der Waals surface area contributed by atoms with E-state index in [4.69, 9.17) is 0 Å². The first kappa shape index (κ1) is 13.7. The lowest BCUT2D eigenvalue weighted by molar-refractivity contribution is 0.670. The first-order chi connectivity index (χ1) is 9.24. The van der Waals surface area contributed by atoms with E-state index in [-0.39, 0.29) is 0 Å². The number of aromatic nitrogens is 4. The molecule has 102 valence electrons. The topological polar surface area (TPSA) is 55.6 Å². The average Bonchev–Trinajstić information content (AvgIpc) is 2.72. The van der Waals surface area contributed by atoms with Gasteiger partial charge >= 0.3 is 0 Å². The fourth-order valence-corrected chi connectivity index (χ4v) is 2.24. The van der Waals surface area contributed by atoms with Crippen molar-refractivity contribution in [1.82, 2.24) is 25.1 Å². The van der Waals surface area contributed by atoms with E-state index >= 15 is 0 Å². The van der Waals surface area contributed by atoms with Gasteiger partial charge in [0, 0.05) is 18.0 Å². The lowest BCUT2D eigenvalue weighted by atomic mass is 10.1. The summed E-state index contributed by atoms with van der Waals surface area (Å²) in [6, 6.07) is 1.88. The number of nitrogens with one attached hydrogen (secondary N) is 1. The maximum atomic E-state index is 4.59. The third-order valence-electron chi connectivity index (χ3n) is 3.25. The van der Waals surface area contributed by atoms with E-state index in [0.29, 0.717) is 0 Å². The van der Waals surface area contributed by atoms with Gasteiger partial charge in [-0.25, -0.2) is 14.6 Å². The van der Waals surface area contributed by atoms with Gasteiger partial charge in [-0.2, -0.15) is 5.10 Å². The summed E-state index contributed by atoms with van der Waals surface area (Å²) in [5.41, 5.74) is 3.59. The van der Waals surface area contributed by atoms with Crippen molar-refractivity contribution in [2.24, 2.45) is 0 Å². The lowest BCUT2D eigenvalue weighted by Gasteiger charge is -2.04. The molecule has 0 bridgehead atoms. The van der Waals surface area contributed by atoms with Crippen molar-refractivity contribution < 1.29 is 0 Å². The molecule has 0 aromatic carbocycles. The molecule has 19 heavy (non-hydrogen) atoms. The van der Waals surface area contributed by atoms with Crippen LogP contribution in [0.5, 0.6) is 0 Å². The third-order valence-corrected chi connectivity index (χ3v) is 3.25. The van der Waals surface area contributed by atoms with Crippen molar-refractivity contribution in [3.63, 3.8) is 0 Å². The van der Waals surface area contributed by atoms with Crippen LogP contribution in [-0.4, -0.2) is 32.8 Å². The fraction of sp³-hybridized carbons (Fsp3) is 0.500. The molecule has 2 aromatic heterocycles. The van der Waals surface area contributed by atoms with Gasteiger partial charge in [0.25, 0.3) is 0 Å². The highest BCUT2D eigenvalue weighted by Crippen LogP contribution is 2.17. The molecule has 5 nitrogen and oxygen atoms in total. The molecule has 5 heteroatoms. The van der Waals surface area contributed by atoms with E-state index in [1.165, 1.54) is 11.3 Å². The Morgan fingerprint density at radius 1 is 1.32 bits per heavy atom. The fourth-order valence-electron chi connectivity index (χ4n) is 2.24. The van der Waals surface area contributed by atoms with Gasteiger partial charge in [0.05, 0.1) is 5.69 Å². The second-order valence-electron chi connectivity index (χ2n) is 4.59. The maximum absolute atomic E-state index is 4.59. The molecule has 0 amide bonds. The molecule has 0 saturated carbocycles. The van der Waals surface area contributed by atoms with Crippen LogP contribution in [0, 0.1) is 13.8 Å². The first-order valence-corrected chi connectivity index (χ1v) is 6.76. The summed E-state index contributed by atoms with van der Waals surface area (Å²) >= 11 is 0. The van der Waals surface area contributed by atoms with Crippen molar-refractivity contribution >= 4 is 0 Å². The van der Waals surface area contributed by atoms with E-state index < -0.39 is 0 Å². The van der Waals surface area contributed by atoms with E-state index in [1.54, 1.807) is 12.5 Å². The summed E-state index contributed by atoms with van der Waals surface area (Å²) in [5.74, 6) is 0.827. The first-order valence-electron chi connectivity index (χ1n) is 6.76. The molecule has 0 unspecified atom stereocenters. The molecule has 0 aliphatic carbocycles. The Balaban J connectivity index is 2.16. The van der Waals surface area contributed by atoms with Gasteiger partial charge in [-0.05, 0) is 45.3 Å². The van der Waals surface area contributed by atoms with Crippen molar-refractivity contribution in [2.45, 2.75) is 33.6 Å². The van der Waals surface area contributed by atoms with Crippen LogP contribution in [0.15, 0.2) is 18.6 Å². The van der Waals surface area contributed by atoms with Crippen LogP contribution in [-0.2, 0) is 6.42 Å². The van der Waals surface area contributed by atoms with Gasteiger partial charge < -0.3 is 5.32 Å². The summed E-state index contributed by atoms with van der Waals surface area (Å²) < 4.78 is 1.90. The Labute approximate surface area is 114 Å². The van der Waals surface area contributed by atoms with Gasteiger partial charge in [0.1, 0.15) is 6.33 Å². The highest BCUT2D eigenvalue weighted by atomic mass is 15.3. The molecule has 0 aliphatic heterocycles. The minimum atomic E-state index is 0.827. The molecule has 0 radical (unpaired) electrons. The van der Waals surface area contributed by atoms with Crippen LogP contribution in [0.2, 0.25) is 0 Å². The summed E-state index contributed by atoms with van der Waals surface area (Å²) in [6.45, 7) is 8.37. The minimum absolute atomic E-state index is 0.827. The van der Waals surface area contributed by atoms with Crippen LogP contribution in [0.4, 0.5) is 0 Å². The van der Waals surface area contributed by atoms with Crippen LogP contribution in [0.25, 0.3) is 5.82 Å². The van der Waals surface area contributed by atoms with Gasteiger partial charge in [0.15, 0.2) is 5.82 Å². The normalized spacial score (nSPS) is 10.9. The zero-order valence-electron chi connectivity index (χ0n) is 11.8. The molecular formula is C14H21N5. The van der Waals surface area contributed by atoms with Crippen molar-refractivity contribution in [2.75, 3.05) is 13.1 Å². The highest BCUT2D eigenvalue weighted by Gasteiger charge is 2.12. The smallest absolute Gasteiger partial charge is 0.156 e. The number of rotatable bonds is 6. The predicted octanol–water partition coefficient (Wildman–Crippen LogP) is 1.82. The molecule has 0 fully saturated rings. The Bertz CT molecular complexity index is 518. The Morgan fingerprint density at radius 3 is 2.84 bits per heavy atom. The SMILES string of the molecule is CCNCCCc1c(C)nn(-c2ccncn2)c1C. The standard InChI is InChI=1S/C14H21N5/c1-4-15-8-5-6-13-11(2)18-19(12(13)3)14-7-9-16-10-17-14/h7,9-10,15H,4-6,8H2,1-3H3.